The number of nitro groups is 1. The first-order chi connectivity index (χ1) is 34.7. The highest BCUT2D eigenvalue weighted by Gasteiger charge is 2.20. The lowest BCUT2D eigenvalue weighted by molar-refractivity contribution is -0.387. The Morgan fingerprint density at radius 1 is 0.458 bits per heavy atom. The molecule has 0 atom stereocenters. The minimum Gasteiger partial charge on any atom is -0.478 e. The third kappa shape index (κ3) is 14.8. The standard InChI is InChI=1S/C14H10O4S2.C13H9NO4S.C13H11NO2S.C13H9NOS/c15-13(16)9-5-1-3-7-11(9)19-20-12-8-4-2-6-10(12)14(17)18;15-13(16)9-5-1-3-7-11(9)19-12-8-4-2-6-10(12)14(17)18;14-10-6-2-4-8-12(10)17-11-7-3-1-5-9(11)13(15)16;15-13-9-5-1-3-7-11(9)16-12-8-4-2-6-10(12)14-13/h1-8H,(H,15,16)(H,17,18);1-8H,(H,15,16);1-8H,14H2,(H,15,16);1-8H,(H,14,15). The van der Waals surface area contributed by atoms with Crippen molar-refractivity contribution in [3.63, 3.8) is 0 Å². The number of aromatic carboxylic acids is 4. The minimum atomic E-state index is -1.05. The summed E-state index contributed by atoms with van der Waals surface area (Å²) in [5, 5.41) is 50.1. The molecule has 1 amide bonds. The maximum absolute atomic E-state index is 11.9. The predicted molar refractivity (Wildman–Crippen MR) is 282 cm³/mol. The molecule has 7 N–H and O–H groups in total. The molecule has 0 unspecified atom stereocenters. The van der Waals surface area contributed by atoms with Crippen molar-refractivity contribution in [2.45, 2.75) is 39.2 Å². The summed E-state index contributed by atoms with van der Waals surface area (Å²) in [5.74, 6) is -4.02. The molecule has 0 aliphatic carbocycles. The molecule has 1 aliphatic rings. The number of benzene rings is 8. The monoisotopic (exact) mass is 1050 g/mol. The van der Waals surface area contributed by atoms with Crippen LogP contribution in [0.4, 0.5) is 17.1 Å². The molecule has 8 aromatic carbocycles. The van der Waals surface area contributed by atoms with Gasteiger partial charge >= 0.3 is 23.9 Å². The molecule has 0 fully saturated rings. The third-order valence-electron chi connectivity index (χ3n) is 9.60. The van der Waals surface area contributed by atoms with Gasteiger partial charge in [-0.2, -0.15) is 0 Å². The van der Waals surface area contributed by atoms with E-state index >= 15 is 0 Å². The van der Waals surface area contributed by atoms with Crippen LogP contribution in [0, 0.1) is 10.1 Å². The molecule has 0 aromatic heterocycles. The number of nitrogens with one attached hydrogen (secondary N) is 1. The highest BCUT2D eigenvalue weighted by molar-refractivity contribution is 8.76. The van der Waals surface area contributed by atoms with Crippen molar-refractivity contribution in [2.75, 3.05) is 11.1 Å². The molecule has 19 heteroatoms. The average molecular weight is 1050 g/mol. The highest BCUT2D eigenvalue weighted by atomic mass is 33.1. The topological polar surface area (TPSA) is 247 Å². The molecule has 0 saturated carbocycles. The zero-order chi connectivity index (χ0) is 51.6. The van der Waals surface area contributed by atoms with Crippen LogP contribution in [0.3, 0.4) is 0 Å². The summed E-state index contributed by atoms with van der Waals surface area (Å²) in [5.41, 5.74) is 8.90. The van der Waals surface area contributed by atoms with Crippen LogP contribution in [0.1, 0.15) is 51.8 Å². The predicted octanol–water partition coefficient (Wildman–Crippen LogP) is 13.8. The van der Waals surface area contributed by atoms with E-state index in [1.165, 1.54) is 57.6 Å². The largest absolute Gasteiger partial charge is 0.478 e. The highest BCUT2D eigenvalue weighted by Crippen LogP contribution is 2.41. The maximum Gasteiger partial charge on any atom is 0.336 e. The number of nitrogens with two attached hydrogens (primary N) is 1. The second-order valence-corrected chi connectivity index (χ2v) is 19.9. The Morgan fingerprint density at radius 2 is 0.819 bits per heavy atom. The van der Waals surface area contributed by atoms with Gasteiger partial charge in [0.25, 0.3) is 11.6 Å². The summed E-state index contributed by atoms with van der Waals surface area (Å²) in [6, 6.07) is 55.7. The Balaban J connectivity index is 0.000000157. The first-order valence-electron chi connectivity index (χ1n) is 21.0. The molecular weight excluding hydrogens is 1010 g/mol. The third-order valence-corrected chi connectivity index (χ3v) is 15.5. The number of nitrogens with zero attached hydrogens (tertiary/aromatic N) is 1. The van der Waals surface area contributed by atoms with Crippen molar-refractivity contribution in [1.82, 2.24) is 0 Å². The van der Waals surface area contributed by atoms with E-state index in [1.54, 1.807) is 109 Å². The van der Waals surface area contributed by atoms with E-state index in [0.717, 1.165) is 37.7 Å². The first kappa shape index (κ1) is 53.4. The number of fused-ring (bicyclic) bond motifs is 2. The average Bonchev–Trinajstić information content (AvgIpc) is 3.53. The number of nitrogen functional groups attached to an aromatic ring is 1. The molecule has 9 rings (SSSR count). The molecule has 8 aromatic rings. The Morgan fingerprint density at radius 3 is 1.31 bits per heavy atom. The number of hydrogen-bond donors (Lipinski definition) is 6. The van der Waals surface area contributed by atoms with Crippen LogP contribution in [-0.2, 0) is 0 Å². The van der Waals surface area contributed by atoms with Crippen molar-refractivity contribution < 1.29 is 49.3 Å². The number of carboxylic acids is 4. The SMILES string of the molecule is Nc1ccccc1Sc1ccccc1C(=O)O.O=C(O)c1ccccc1SSc1ccccc1C(=O)O.O=C(O)c1ccccc1Sc1ccccc1[N+](=O)[O-].O=C1Nc2ccccc2Sc2ccccc21. The zero-order valence-electron chi connectivity index (χ0n) is 37.2. The molecule has 14 nitrogen and oxygen atoms in total. The molecule has 1 aliphatic heterocycles. The maximum atomic E-state index is 11.9. The van der Waals surface area contributed by atoms with Gasteiger partial charge in [0, 0.05) is 46.0 Å². The zero-order valence-corrected chi connectivity index (χ0v) is 41.3. The van der Waals surface area contributed by atoms with Gasteiger partial charge in [0.1, 0.15) is 0 Å². The number of hydrogen-bond acceptors (Lipinski definition) is 13. The molecule has 0 saturated heterocycles. The lowest BCUT2D eigenvalue weighted by atomic mass is 10.2. The Labute approximate surface area is 432 Å². The number of carbonyl (C=O) groups is 5. The summed E-state index contributed by atoms with van der Waals surface area (Å²) < 4.78 is 0. The Bertz CT molecular complexity index is 3170. The fourth-order valence-electron chi connectivity index (χ4n) is 6.20. The Kier molecular flexibility index (Phi) is 19.5. The number of carboxylic acid groups (broad SMARTS) is 4. The summed E-state index contributed by atoms with van der Waals surface area (Å²) in [4.78, 5) is 72.4. The first-order valence-corrected chi connectivity index (χ1v) is 25.6. The van der Waals surface area contributed by atoms with Gasteiger partial charge in [-0.1, -0.05) is 154 Å². The van der Waals surface area contributed by atoms with Crippen LogP contribution < -0.4 is 11.1 Å². The number of amides is 1. The van der Waals surface area contributed by atoms with Crippen molar-refractivity contribution >= 4 is 104 Å². The van der Waals surface area contributed by atoms with Gasteiger partial charge in [0.2, 0.25) is 0 Å². The van der Waals surface area contributed by atoms with Gasteiger partial charge in [-0.05, 0) is 91.0 Å². The number of nitro benzene ring substituents is 1. The van der Waals surface area contributed by atoms with E-state index in [1.807, 2.05) is 72.8 Å². The van der Waals surface area contributed by atoms with Gasteiger partial charge < -0.3 is 31.5 Å². The van der Waals surface area contributed by atoms with Crippen LogP contribution in [0.2, 0.25) is 0 Å². The van der Waals surface area contributed by atoms with Crippen LogP contribution in [-0.4, -0.2) is 55.1 Å². The van der Waals surface area contributed by atoms with Crippen molar-refractivity contribution in [2.24, 2.45) is 0 Å². The van der Waals surface area contributed by atoms with E-state index in [2.05, 4.69) is 5.32 Å². The van der Waals surface area contributed by atoms with Crippen LogP contribution in [0.15, 0.2) is 233 Å². The number of carbonyl (C=O) groups excluding carboxylic acids is 1. The van der Waals surface area contributed by atoms with E-state index in [4.69, 9.17) is 26.2 Å². The van der Waals surface area contributed by atoms with Gasteiger partial charge in [-0.3, -0.25) is 14.9 Å². The van der Waals surface area contributed by atoms with Gasteiger partial charge in [-0.25, -0.2) is 19.2 Å². The molecule has 0 bridgehead atoms. The minimum absolute atomic E-state index is 0.0342. The van der Waals surface area contributed by atoms with Crippen molar-refractivity contribution in [1.29, 1.82) is 0 Å². The summed E-state index contributed by atoms with van der Waals surface area (Å²) in [6.07, 6.45) is 0. The van der Waals surface area contributed by atoms with E-state index in [-0.39, 0.29) is 28.3 Å². The molecule has 72 heavy (non-hydrogen) atoms. The number of anilines is 2. The number of para-hydroxylation sites is 3. The van der Waals surface area contributed by atoms with Crippen LogP contribution in [0.25, 0.3) is 0 Å². The summed E-state index contributed by atoms with van der Waals surface area (Å²) in [7, 11) is 2.47. The van der Waals surface area contributed by atoms with Gasteiger partial charge in [0.05, 0.1) is 43.3 Å². The molecule has 0 radical (unpaired) electrons. The second-order valence-electron chi connectivity index (χ2n) is 14.4. The lowest BCUT2D eigenvalue weighted by Gasteiger charge is -2.07. The van der Waals surface area contributed by atoms with Gasteiger partial charge in [0.15, 0.2) is 0 Å². The fourth-order valence-corrected chi connectivity index (χ4v) is 11.6. The van der Waals surface area contributed by atoms with Gasteiger partial charge in [-0.15, -0.1) is 0 Å². The molecule has 362 valence electrons. The van der Waals surface area contributed by atoms with Crippen LogP contribution in [0.5, 0.6) is 0 Å². The number of rotatable bonds is 12. The smallest absolute Gasteiger partial charge is 0.336 e. The second kappa shape index (κ2) is 26.3. The Hall–Kier alpha value is -7.94. The summed E-state index contributed by atoms with van der Waals surface area (Å²) in [6.45, 7) is 0. The van der Waals surface area contributed by atoms with E-state index in [0.29, 0.717) is 35.7 Å². The molecule has 0 spiro atoms. The van der Waals surface area contributed by atoms with Crippen LogP contribution >= 0.6 is 56.9 Å². The molecule has 1 heterocycles. The summed E-state index contributed by atoms with van der Waals surface area (Å²) >= 11 is 4.06. The normalized spacial score (nSPS) is 10.9. The quantitative estimate of drug-likeness (QED) is 0.0288. The van der Waals surface area contributed by atoms with E-state index in [9.17, 15) is 34.1 Å². The molecular formula is C53H39N3O11S5. The van der Waals surface area contributed by atoms with E-state index < -0.39 is 28.8 Å². The van der Waals surface area contributed by atoms with Crippen molar-refractivity contribution in [3.05, 3.63) is 232 Å². The van der Waals surface area contributed by atoms with Crippen molar-refractivity contribution in [3.8, 4) is 0 Å². The lowest BCUT2D eigenvalue weighted by Crippen LogP contribution is -2.11. The fraction of sp³-hybridized carbons (Fsp3) is 0.